The van der Waals surface area contributed by atoms with E-state index in [4.69, 9.17) is 0 Å². The average molecular weight is 481 g/mol. The zero-order chi connectivity index (χ0) is 25.4. The molecule has 3 heterocycles. The molecule has 8 heteroatoms. The van der Waals surface area contributed by atoms with E-state index in [9.17, 15) is 9.59 Å². The molecule has 2 N–H and O–H groups in total. The van der Waals surface area contributed by atoms with Crippen molar-refractivity contribution in [2.45, 2.75) is 26.8 Å². The molecule has 0 radical (unpaired) electrons. The number of aryl methyl sites for hydroxylation is 1. The first-order chi connectivity index (χ1) is 17.3. The quantitative estimate of drug-likeness (QED) is 0.359. The van der Waals surface area contributed by atoms with Crippen LogP contribution in [0.15, 0.2) is 73.1 Å². The third-order valence-electron chi connectivity index (χ3n) is 6.31. The summed E-state index contributed by atoms with van der Waals surface area (Å²) in [5, 5.41) is 11.1. The standard InChI is InChI=1S/C28H28N6O2/c1-17(2)26(35)31-28-30-25-15-21(12-13-34(25)32-28)20-10-11-24-22(14-20)23(16-33(24)4)27(36)29-18(3)19-8-6-5-7-9-19/h5-18H,1-4H3,(H,29,36)(H,31,32,35)/t18-/m1/s1. The number of pyridine rings is 1. The van der Waals surface area contributed by atoms with Gasteiger partial charge in [-0.05, 0) is 47.9 Å². The molecule has 2 aromatic carbocycles. The number of nitrogens with zero attached hydrogens (tertiary/aromatic N) is 4. The minimum Gasteiger partial charge on any atom is -0.350 e. The van der Waals surface area contributed by atoms with E-state index in [0.29, 0.717) is 11.2 Å². The minimum atomic E-state index is -0.160. The van der Waals surface area contributed by atoms with Crippen molar-refractivity contribution in [2.75, 3.05) is 5.32 Å². The average Bonchev–Trinajstić information content (AvgIpc) is 3.43. The van der Waals surface area contributed by atoms with Crippen molar-refractivity contribution in [3.05, 3.63) is 84.2 Å². The molecule has 1 atom stereocenters. The first-order valence-corrected chi connectivity index (χ1v) is 11.9. The van der Waals surface area contributed by atoms with Gasteiger partial charge < -0.3 is 9.88 Å². The van der Waals surface area contributed by atoms with Gasteiger partial charge in [0.2, 0.25) is 11.9 Å². The van der Waals surface area contributed by atoms with E-state index in [-0.39, 0.29) is 29.7 Å². The monoisotopic (exact) mass is 480 g/mol. The Labute approximate surface area is 209 Å². The number of rotatable bonds is 6. The molecule has 0 fully saturated rings. The maximum absolute atomic E-state index is 13.2. The Balaban J connectivity index is 1.46. The summed E-state index contributed by atoms with van der Waals surface area (Å²) in [6.45, 7) is 5.62. The molecule has 0 aliphatic rings. The summed E-state index contributed by atoms with van der Waals surface area (Å²) in [6.07, 6.45) is 3.68. The molecule has 0 spiro atoms. The first kappa shape index (κ1) is 23.3. The molecule has 5 aromatic rings. The molecule has 5 rings (SSSR count). The Morgan fingerprint density at radius 1 is 0.944 bits per heavy atom. The van der Waals surface area contributed by atoms with Crippen molar-refractivity contribution in [1.29, 1.82) is 0 Å². The number of carbonyl (C=O) groups excluding carboxylic acids is 2. The van der Waals surface area contributed by atoms with E-state index in [2.05, 4.69) is 20.7 Å². The van der Waals surface area contributed by atoms with Crippen molar-refractivity contribution < 1.29 is 9.59 Å². The molecule has 0 bridgehead atoms. The fourth-order valence-corrected chi connectivity index (χ4v) is 4.22. The second kappa shape index (κ2) is 9.30. The van der Waals surface area contributed by atoms with Gasteiger partial charge in [-0.1, -0.05) is 50.2 Å². The van der Waals surface area contributed by atoms with Gasteiger partial charge in [0.25, 0.3) is 5.91 Å². The summed E-state index contributed by atoms with van der Waals surface area (Å²) in [5.74, 6) is -0.136. The molecule has 36 heavy (non-hydrogen) atoms. The fourth-order valence-electron chi connectivity index (χ4n) is 4.22. The van der Waals surface area contributed by atoms with Crippen molar-refractivity contribution in [3.8, 4) is 11.1 Å². The molecule has 0 unspecified atom stereocenters. The van der Waals surface area contributed by atoms with Crippen LogP contribution < -0.4 is 10.6 Å². The van der Waals surface area contributed by atoms with Crippen LogP contribution in [0.3, 0.4) is 0 Å². The highest BCUT2D eigenvalue weighted by Crippen LogP contribution is 2.29. The van der Waals surface area contributed by atoms with Gasteiger partial charge in [0.15, 0.2) is 5.65 Å². The van der Waals surface area contributed by atoms with Gasteiger partial charge in [0, 0.05) is 36.3 Å². The van der Waals surface area contributed by atoms with Crippen LogP contribution in [0, 0.1) is 5.92 Å². The molecule has 0 saturated carbocycles. The lowest BCUT2D eigenvalue weighted by atomic mass is 10.0. The fraction of sp³-hybridized carbons (Fsp3) is 0.214. The van der Waals surface area contributed by atoms with E-state index in [0.717, 1.165) is 27.6 Å². The van der Waals surface area contributed by atoms with Crippen molar-refractivity contribution in [1.82, 2.24) is 24.5 Å². The van der Waals surface area contributed by atoms with E-state index < -0.39 is 0 Å². The van der Waals surface area contributed by atoms with Crippen LogP contribution in [0.25, 0.3) is 27.7 Å². The van der Waals surface area contributed by atoms with Crippen LogP contribution in [-0.4, -0.2) is 31.0 Å². The van der Waals surface area contributed by atoms with Crippen LogP contribution in [0.1, 0.15) is 42.7 Å². The lowest BCUT2D eigenvalue weighted by molar-refractivity contribution is -0.118. The Kier molecular flexibility index (Phi) is 6.01. The highest BCUT2D eigenvalue weighted by molar-refractivity contribution is 6.08. The van der Waals surface area contributed by atoms with Crippen LogP contribution in [-0.2, 0) is 11.8 Å². The zero-order valence-corrected chi connectivity index (χ0v) is 20.7. The molecule has 0 aliphatic carbocycles. The highest BCUT2D eigenvalue weighted by Gasteiger charge is 2.18. The number of amides is 2. The first-order valence-electron chi connectivity index (χ1n) is 11.9. The third kappa shape index (κ3) is 4.45. The molecule has 182 valence electrons. The third-order valence-corrected chi connectivity index (χ3v) is 6.31. The number of nitrogens with one attached hydrogen (secondary N) is 2. The van der Waals surface area contributed by atoms with Crippen molar-refractivity contribution in [3.63, 3.8) is 0 Å². The topological polar surface area (TPSA) is 93.3 Å². The molecular formula is C28H28N6O2. The van der Waals surface area contributed by atoms with Gasteiger partial charge in [0.05, 0.1) is 11.6 Å². The molecule has 0 aliphatic heterocycles. The number of hydrogen-bond donors (Lipinski definition) is 2. The maximum Gasteiger partial charge on any atom is 0.253 e. The highest BCUT2D eigenvalue weighted by atomic mass is 16.2. The lowest BCUT2D eigenvalue weighted by Crippen LogP contribution is -2.26. The SMILES string of the molecule is CC(C)C(=O)Nc1nc2cc(-c3ccc4c(c3)c(C(=O)N[C@H](C)c3ccccc3)cn4C)ccn2n1. The number of carbonyl (C=O) groups is 2. The smallest absolute Gasteiger partial charge is 0.253 e. The van der Waals surface area contributed by atoms with Gasteiger partial charge in [-0.25, -0.2) is 4.52 Å². The van der Waals surface area contributed by atoms with Crippen LogP contribution >= 0.6 is 0 Å². The normalized spacial score (nSPS) is 12.2. The number of anilines is 1. The number of fused-ring (bicyclic) bond motifs is 2. The predicted octanol–water partition coefficient (Wildman–Crippen LogP) is 4.97. The number of benzene rings is 2. The van der Waals surface area contributed by atoms with Crippen LogP contribution in [0.5, 0.6) is 0 Å². The molecular weight excluding hydrogens is 452 g/mol. The molecule has 2 amide bonds. The summed E-state index contributed by atoms with van der Waals surface area (Å²) in [5.41, 5.74) is 5.16. The zero-order valence-electron chi connectivity index (χ0n) is 20.7. The Bertz CT molecular complexity index is 1580. The van der Waals surface area contributed by atoms with Crippen molar-refractivity contribution in [2.24, 2.45) is 13.0 Å². The summed E-state index contributed by atoms with van der Waals surface area (Å²) in [7, 11) is 1.94. The summed E-state index contributed by atoms with van der Waals surface area (Å²) >= 11 is 0. The Morgan fingerprint density at radius 3 is 2.44 bits per heavy atom. The minimum absolute atomic E-state index is 0.113. The van der Waals surface area contributed by atoms with Gasteiger partial charge >= 0.3 is 0 Å². The van der Waals surface area contributed by atoms with Gasteiger partial charge in [-0.15, -0.1) is 5.10 Å². The lowest BCUT2D eigenvalue weighted by Gasteiger charge is -2.14. The summed E-state index contributed by atoms with van der Waals surface area (Å²) < 4.78 is 3.59. The second-order valence-corrected chi connectivity index (χ2v) is 9.29. The molecule has 8 nitrogen and oxygen atoms in total. The summed E-state index contributed by atoms with van der Waals surface area (Å²) in [4.78, 5) is 29.7. The van der Waals surface area contributed by atoms with Gasteiger partial charge in [-0.2, -0.15) is 4.98 Å². The van der Waals surface area contributed by atoms with Crippen molar-refractivity contribution >= 4 is 34.3 Å². The number of aromatic nitrogens is 4. The molecule has 3 aromatic heterocycles. The second-order valence-electron chi connectivity index (χ2n) is 9.29. The summed E-state index contributed by atoms with van der Waals surface area (Å²) in [6, 6.07) is 19.7. The van der Waals surface area contributed by atoms with Gasteiger partial charge in [-0.3, -0.25) is 14.9 Å². The van der Waals surface area contributed by atoms with E-state index >= 15 is 0 Å². The number of hydrogen-bond acceptors (Lipinski definition) is 4. The van der Waals surface area contributed by atoms with E-state index in [1.54, 1.807) is 4.52 Å². The van der Waals surface area contributed by atoms with E-state index in [1.807, 2.05) is 105 Å². The largest absolute Gasteiger partial charge is 0.350 e. The van der Waals surface area contributed by atoms with Crippen LogP contribution in [0.4, 0.5) is 5.95 Å². The van der Waals surface area contributed by atoms with E-state index in [1.165, 1.54) is 0 Å². The predicted molar refractivity (Wildman–Crippen MR) is 141 cm³/mol. The Morgan fingerprint density at radius 2 is 1.69 bits per heavy atom. The maximum atomic E-state index is 13.2. The van der Waals surface area contributed by atoms with Gasteiger partial charge in [0.1, 0.15) is 0 Å². The molecule has 0 saturated heterocycles. The Hall–Kier alpha value is -4.46. The van der Waals surface area contributed by atoms with Crippen LogP contribution in [0.2, 0.25) is 0 Å².